The molecular formula is C19H30N4O4S. The summed E-state index contributed by atoms with van der Waals surface area (Å²) in [6.45, 7) is 10.7. The third-order valence-corrected chi connectivity index (χ3v) is 5.07. The van der Waals surface area contributed by atoms with Gasteiger partial charge in [0.05, 0.1) is 12.0 Å². The van der Waals surface area contributed by atoms with Crippen LogP contribution in [-0.2, 0) is 20.9 Å². The number of aliphatic hydroxyl groups excluding tert-OH is 1. The predicted molar refractivity (Wildman–Crippen MR) is 110 cm³/mol. The van der Waals surface area contributed by atoms with E-state index in [-0.39, 0.29) is 19.1 Å². The number of aliphatic hydroxyl groups is 1. The van der Waals surface area contributed by atoms with Gasteiger partial charge in [-0.3, -0.25) is 9.59 Å². The van der Waals surface area contributed by atoms with Gasteiger partial charge in [0.2, 0.25) is 6.41 Å². The van der Waals surface area contributed by atoms with Gasteiger partial charge in [0.15, 0.2) is 0 Å². The van der Waals surface area contributed by atoms with Crippen molar-refractivity contribution in [3.05, 3.63) is 28.2 Å². The number of anilines is 1. The number of allylic oxidation sites excluding steroid dienone is 1. The van der Waals surface area contributed by atoms with E-state index in [2.05, 4.69) is 9.97 Å². The van der Waals surface area contributed by atoms with E-state index in [1.165, 1.54) is 16.7 Å². The van der Waals surface area contributed by atoms with Crippen molar-refractivity contribution in [3.63, 3.8) is 0 Å². The third kappa shape index (κ3) is 7.12. The lowest BCUT2D eigenvalue weighted by Crippen LogP contribution is -2.26. The van der Waals surface area contributed by atoms with E-state index in [4.69, 9.17) is 10.5 Å². The Labute approximate surface area is 170 Å². The van der Waals surface area contributed by atoms with Gasteiger partial charge in [-0.05, 0) is 41.5 Å². The van der Waals surface area contributed by atoms with Crippen molar-refractivity contribution in [2.24, 2.45) is 5.41 Å². The molecule has 28 heavy (non-hydrogen) atoms. The molecule has 0 saturated heterocycles. The summed E-state index contributed by atoms with van der Waals surface area (Å²) in [5.74, 6) is 0.554. The lowest BCUT2D eigenvalue weighted by molar-refractivity contribution is -0.153. The number of nitrogens with two attached hydrogens (primary N) is 1. The van der Waals surface area contributed by atoms with Gasteiger partial charge in [-0.2, -0.15) is 0 Å². The van der Waals surface area contributed by atoms with Crippen molar-refractivity contribution >= 4 is 30.0 Å². The van der Waals surface area contributed by atoms with Crippen LogP contribution < -0.4 is 5.73 Å². The number of amides is 1. The minimum atomic E-state index is -0.609. The second-order valence-corrected chi connectivity index (χ2v) is 8.78. The Bertz CT molecular complexity index is 731. The molecule has 1 unspecified atom stereocenters. The zero-order valence-corrected chi connectivity index (χ0v) is 18.2. The van der Waals surface area contributed by atoms with E-state index in [1.807, 2.05) is 0 Å². The van der Waals surface area contributed by atoms with Crippen molar-refractivity contribution in [1.82, 2.24) is 14.9 Å². The van der Waals surface area contributed by atoms with E-state index in [0.29, 0.717) is 35.7 Å². The molecule has 1 aromatic rings. The summed E-state index contributed by atoms with van der Waals surface area (Å²) in [6.07, 6.45) is 2.62. The Balaban J connectivity index is 3.02. The predicted octanol–water partition coefficient (Wildman–Crippen LogP) is 2.61. The van der Waals surface area contributed by atoms with Crippen molar-refractivity contribution in [1.29, 1.82) is 0 Å². The molecule has 0 aliphatic heterocycles. The third-order valence-electron chi connectivity index (χ3n) is 3.85. The van der Waals surface area contributed by atoms with Crippen molar-refractivity contribution in [2.75, 3.05) is 12.3 Å². The number of thioether (sulfide) groups is 1. The average molecular weight is 411 g/mol. The maximum atomic E-state index is 12.1. The van der Waals surface area contributed by atoms with Gasteiger partial charge >= 0.3 is 5.97 Å². The average Bonchev–Trinajstić information content (AvgIpc) is 2.59. The molecule has 8 nitrogen and oxygen atoms in total. The Hall–Kier alpha value is -2.13. The summed E-state index contributed by atoms with van der Waals surface area (Å²) >= 11 is 1.30. The number of rotatable bonds is 9. The zero-order chi connectivity index (χ0) is 21.5. The van der Waals surface area contributed by atoms with Crippen LogP contribution in [0.1, 0.15) is 52.4 Å². The van der Waals surface area contributed by atoms with Crippen LogP contribution in [0.4, 0.5) is 5.82 Å². The minimum absolute atomic E-state index is 0.0951. The lowest BCUT2D eigenvalue weighted by atomic mass is 9.97. The Morgan fingerprint density at radius 1 is 1.46 bits per heavy atom. The fourth-order valence-corrected chi connectivity index (χ4v) is 3.22. The van der Waals surface area contributed by atoms with Crippen LogP contribution in [0.5, 0.6) is 0 Å². The highest BCUT2D eigenvalue weighted by molar-refractivity contribution is 8.03. The van der Waals surface area contributed by atoms with Crippen LogP contribution >= 0.6 is 11.8 Å². The van der Waals surface area contributed by atoms with Crippen LogP contribution in [0.15, 0.2) is 16.8 Å². The van der Waals surface area contributed by atoms with Crippen molar-refractivity contribution in [3.8, 4) is 0 Å². The molecule has 0 saturated carbocycles. The molecule has 0 fully saturated rings. The number of carbonyl (C=O) groups is 2. The first kappa shape index (κ1) is 23.9. The first-order valence-corrected chi connectivity index (χ1v) is 9.85. The number of esters is 1. The zero-order valence-electron chi connectivity index (χ0n) is 17.4. The summed E-state index contributed by atoms with van der Waals surface area (Å²) in [4.78, 5) is 34.2. The van der Waals surface area contributed by atoms with E-state index >= 15 is 0 Å². The molecule has 0 radical (unpaired) electrons. The number of aromatic nitrogens is 2. The molecule has 1 heterocycles. The maximum absolute atomic E-state index is 12.1. The van der Waals surface area contributed by atoms with Gasteiger partial charge in [0.25, 0.3) is 0 Å². The van der Waals surface area contributed by atoms with Crippen LogP contribution in [-0.4, -0.2) is 44.4 Å². The highest BCUT2D eigenvalue weighted by atomic mass is 32.2. The maximum Gasteiger partial charge on any atom is 0.312 e. The second kappa shape index (κ2) is 10.4. The summed E-state index contributed by atoms with van der Waals surface area (Å²) in [6, 6.07) is 0. The van der Waals surface area contributed by atoms with Crippen LogP contribution in [0, 0.1) is 12.3 Å². The molecule has 1 aromatic heterocycles. The summed E-state index contributed by atoms with van der Waals surface area (Å²) in [5.41, 5.74) is 6.12. The van der Waals surface area contributed by atoms with Crippen LogP contribution in [0.2, 0.25) is 0 Å². The largest absolute Gasteiger partial charge is 0.451 e. The number of ether oxygens (including phenoxy) is 1. The molecule has 3 N–H and O–H groups in total. The number of carbonyl (C=O) groups excluding carboxylic acids is 2. The topological polar surface area (TPSA) is 119 Å². The highest BCUT2D eigenvalue weighted by Gasteiger charge is 2.26. The van der Waals surface area contributed by atoms with Crippen LogP contribution in [0.3, 0.4) is 0 Å². The summed E-state index contributed by atoms with van der Waals surface area (Å²) < 4.78 is 5.47. The standard InChI is InChI=1S/C19H30N4O4S/c1-12(23(11-25)10-15-9-21-13(2)22-17(15)20)16(7-8-24)28-14(3)27-18(26)19(4,5)6/h9,11,14,24H,7-8,10H2,1-6H3,(H2,20,21,22). The van der Waals surface area contributed by atoms with E-state index < -0.39 is 10.9 Å². The number of hydrogen-bond donors (Lipinski definition) is 2. The fourth-order valence-electron chi connectivity index (χ4n) is 2.19. The smallest absolute Gasteiger partial charge is 0.312 e. The van der Waals surface area contributed by atoms with E-state index in [0.717, 1.165) is 4.91 Å². The summed E-state index contributed by atoms with van der Waals surface area (Å²) in [7, 11) is 0. The summed E-state index contributed by atoms with van der Waals surface area (Å²) in [5, 5.41) is 9.43. The van der Waals surface area contributed by atoms with E-state index in [1.54, 1.807) is 47.7 Å². The first-order chi connectivity index (χ1) is 13.0. The molecule has 1 rings (SSSR count). The molecule has 0 spiro atoms. The molecule has 0 bridgehead atoms. The van der Waals surface area contributed by atoms with Gasteiger partial charge in [0.1, 0.15) is 17.1 Å². The van der Waals surface area contributed by atoms with Crippen molar-refractivity contribution in [2.45, 2.75) is 59.9 Å². The molecule has 0 aliphatic rings. The molecule has 156 valence electrons. The molecule has 9 heteroatoms. The van der Waals surface area contributed by atoms with Gasteiger partial charge in [0, 0.05) is 35.4 Å². The molecule has 0 aromatic carbocycles. The minimum Gasteiger partial charge on any atom is -0.451 e. The van der Waals surface area contributed by atoms with Crippen LogP contribution in [0.25, 0.3) is 0 Å². The van der Waals surface area contributed by atoms with Gasteiger partial charge < -0.3 is 20.5 Å². The van der Waals surface area contributed by atoms with E-state index in [9.17, 15) is 14.7 Å². The number of nitrogen functional groups attached to an aromatic ring is 1. The first-order valence-electron chi connectivity index (χ1n) is 8.97. The quantitative estimate of drug-likeness (QED) is 0.362. The Morgan fingerprint density at radius 3 is 2.61 bits per heavy atom. The molecule has 0 aliphatic carbocycles. The highest BCUT2D eigenvalue weighted by Crippen LogP contribution is 2.31. The SMILES string of the molecule is CC(=C(CCO)SC(C)OC(=O)C(C)(C)C)N(C=O)Cc1cnc(C)nc1N. The molecular weight excluding hydrogens is 380 g/mol. The number of nitrogens with zero attached hydrogens (tertiary/aromatic N) is 3. The number of aryl methyl sites for hydroxylation is 1. The second-order valence-electron chi connectivity index (χ2n) is 7.38. The Kier molecular flexibility index (Phi) is 8.90. The van der Waals surface area contributed by atoms with Gasteiger partial charge in [-0.15, -0.1) is 0 Å². The Morgan fingerprint density at radius 2 is 2.11 bits per heavy atom. The van der Waals surface area contributed by atoms with Crippen molar-refractivity contribution < 1.29 is 19.4 Å². The lowest BCUT2D eigenvalue weighted by Gasteiger charge is -2.25. The normalized spacial score (nSPS) is 13.5. The molecule has 1 amide bonds. The monoisotopic (exact) mass is 410 g/mol. The number of hydrogen-bond acceptors (Lipinski definition) is 8. The van der Waals surface area contributed by atoms with Gasteiger partial charge in [-0.1, -0.05) is 11.8 Å². The van der Waals surface area contributed by atoms with Gasteiger partial charge in [-0.25, -0.2) is 9.97 Å². The molecule has 1 atom stereocenters. The fraction of sp³-hybridized carbons (Fsp3) is 0.579.